The summed E-state index contributed by atoms with van der Waals surface area (Å²) in [4.78, 5) is 30.3. The van der Waals surface area contributed by atoms with Crippen LogP contribution in [0.5, 0.6) is 0 Å². The first-order valence-corrected chi connectivity index (χ1v) is 9.11. The van der Waals surface area contributed by atoms with E-state index in [1.807, 2.05) is 0 Å². The zero-order chi connectivity index (χ0) is 20.4. The summed E-state index contributed by atoms with van der Waals surface area (Å²) in [7, 11) is 0. The standard InChI is InChI=1S/C20H19N5O4/c21-17-14(19(27)22-12-13-5-3-10-29-13)11-15-18(25(17)8-4-9-26)23-16-6-1-2-7-24(16)20(15)28/h1-3,5-7,10-11,21,26H,4,8-9,12H2,(H,22,27). The minimum Gasteiger partial charge on any atom is -0.467 e. The van der Waals surface area contributed by atoms with Crippen LogP contribution in [0.4, 0.5) is 0 Å². The average molecular weight is 393 g/mol. The second-order valence-corrected chi connectivity index (χ2v) is 6.48. The number of fused-ring (bicyclic) bond motifs is 2. The van der Waals surface area contributed by atoms with Gasteiger partial charge >= 0.3 is 0 Å². The van der Waals surface area contributed by atoms with Crippen LogP contribution in [0.25, 0.3) is 16.7 Å². The van der Waals surface area contributed by atoms with Crippen LogP contribution in [0.15, 0.2) is 58.1 Å². The van der Waals surface area contributed by atoms with E-state index in [4.69, 9.17) is 9.83 Å². The van der Waals surface area contributed by atoms with E-state index in [0.717, 1.165) is 0 Å². The van der Waals surface area contributed by atoms with Gasteiger partial charge in [-0.2, -0.15) is 0 Å². The lowest BCUT2D eigenvalue weighted by atomic mass is 10.2. The highest BCUT2D eigenvalue weighted by Crippen LogP contribution is 2.11. The minimum atomic E-state index is -0.497. The lowest BCUT2D eigenvalue weighted by molar-refractivity contribution is 0.0945. The lowest BCUT2D eigenvalue weighted by Gasteiger charge is -2.14. The maximum absolute atomic E-state index is 13.0. The molecule has 9 heteroatoms. The number of aliphatic hydroxyl groups is 1. The highest BCUT2D eigenvalue weighted by atomic mass is 16.3. The van der Waals surface area contributed by atoms with Gasteiger partial charge in [0, 0.05) is 19.3 Å². The predicted octanol–water partition coefficient (Wildman–Crippen LogP) is 1.03. The molecular weight excluding hydrogens is 374 g/mol. The van der Waals surface area contributed by atoms with E-state index in [-0.39, 0.29) is 41.7 Å². The van der Waals surface area contributed by atoms with Crippen molar-refractivity contribution in [3.8, 4) is 0 Å². The summed E-state index contributed by atoms with van der Waals surface area (Å²) in [6.07, 6.45) is 3.47. The van der Waals surface area contributed by atoms with E-state index in [1.165, 1.54) is 21.3 Å². The molecule has 0 spiro atoms. The van der Waals surface area contributed by atoms with E-state index in [1.54, 1.807) is 36.5 Å². The molecule has 0 bridgehead atoms. The third kappa shape index (κ3) is 3.43. The Labute approximate surface area is 164 Å². The van der Waals surface area contributed by atoms with Gasteiger partial charge in [-0.15, -0.1) is 0 Å². The van der Waals surface area contributed by atoms with Crippen molar-refractivity contribution < 1.29 is 14.3 Å². The monoisotopic (exact) mass is 393 g/mol. The highest BCUT2D eigenvalue weighted by molar-refractivity contribution is 5.96. The molecule has 0 aromatic carbocycles. The molecule has 4 aromatic heterocycles. The molecule has 4 rings (SSSR count). The molecule has 148 valence electrons. The van der Waals surface area contributed by atoms with E-state index in [2.05, 4.69) is 10.3 Å². The van der Waals surface area contributed by atoms with Gasteiger partial charge < -0.3 is 19.4 Å². The summed E-state index contributed by atoms with van der Waals surface area (Å²) in [6.45, 7) is 0.324. The highest BCUT2D eigenvalue weighted by Gasteiger charge is 2.17. The third-order valence-electron chi connectivity index (χ3n) is 4.61. The van der Waals surface area contributed by atoms with E-state index >= 15 is 0 Å². The van der Waals surface area contributed by atoms with Gasteiger partial charge in [0.05, 0.1) is 23.8 Å². The number of furan rings is 1. The zero-order valence-corrected chi connectivity index (χ0v) is 15.5. The van der Waals surface area contributed by atoms with Gasteiger partial charge in [0.25, 0.3) is 11.5 Å². The SMILES string of the molecule is N=c1c(C(=O)NCc2ccco2)cc2c(=O)n3ccccc3nc2n1CCCO. The van der Waals surface area contributed by atoms with Crippen molar-refractivity contribution in [2.24, 2.45) is 0 Å². The number of amides is 1. The van der Waals surface area contributed by atoms with Crippen LogP contribution in [0.2, 0.25) is 0 Å². The summed E-state index contributed by atoms with van der Waals surface area (Å²) in [6, 6.07) is 10.0. The summed E-state index contributed by atoms with van der Waals surface area (Å²) in [5.41, 5.74) is 0.398. The molecule has 0 aliphatic carbocycles. The van der Waals surface area contributed by atoms with Crippen LogP contribution < -0.4 is 16.4 Å². The van der Waals surface area contributed by atoms with Gasteiger partial charge in [0.2, 0.25) is 0 Å². The summed E-state index contributed by atoms with van der Waals surface area (Å²) >= 11 is 0. The molecule has 0 saturated carbocycles. The molecule has 0 fully saturated rings. The number of pyridine rings is 2. The minimum absolute atomic E-state index is 0.0526. The summed E-state index contributed by atoms with van der Waals surface area (Å²) in [5.74, 6) is 0.0789. The largest absolute Gasteiger partial charge is 0.467 e. The first-order chi connectivity index (χ1) is 14.1. The number of hydrogen-bond acceptors (Lipinski definition) is 6. The second-order valence-electron chi connectivity index (χ2n) is 6.48. The molecule has 1 amide bonds. The Kier molecular flexibility index (Phi) is 4.96. The maximum Gasteiger partial charge on any atom is 0.267 e. The normalized spacial score (nSPS) is 11.2. The number of nitrogens with one attached hydrogen (secondary N) is 2. The fraction of sp³-hybridized carbons (Fsp3) is 0.200. The van der Waals surface area contributed by atoms with Crippen LogP contribution in [-0.4, -0.2) is 31.6 Å². The van der Waals surface area contributed by atoms with Gasteiger partial charge in [0.15, 0.2) is 0 Å². The van der Waals surface area contributed by atoms with Crippen LogP contribution in [-0.2, 0) is 13.1 Å². The Bertz CT molecular complexity index is 1300. The maximum atomic E-state index is 13.0. The van der Waals surface area contributed by atoms with Crippen molar-refractivity contribution in [1.29, 1.82) is 5.41 Å². The Morgan fingerprint density at radius 2 is 2.14 bits per heavy atom. The molecule has 4 aromatic rings. The fourth-order valence-corrected chi connectivity index (χ4v) is 3.18. The number of aliphatic hydroxyl groups excluding tert-OH is 1. The molecule has 9 nitrogen and oxygen atoms in total. The van der Waals surface area contributed by atoms with Crippen molar-refractivity contribution in [2.45, 2.75) is 19.5 Å². The van der Waals surface area contributed by atoms with Crippen LogP contribution in [0.3, 0.4) is 0 Å². The van der Waals surface area contributed by atoms with Crippen LogP contribution >= 0.6 is 0 Å². The van der Waals surface area contributed by atoms with Gasteiger partial charge in [-0.1, -0.05) is 6.07 Å². The zero-order valence-electron chi connectivity index (χ0n) is 15.5. The third-order valence-corrected chi connectivity index (χ3v) is 4.61. The Morgan fingerprint density at radius 1 is 1.28 bits per heavy atom. The van der Waals surface area contributed by atoms with Gasteiger partial charge in [-0.3, -0.25) is 19.4 Å². The molecule has 3 N–H and O–H groups in total. The van der Waals surface area contributed by atoms with E-state index < -0.39 is 5.91 Å². The Balaban J connectivity index is 1.88. The number of carbonyl (C=O) groups excluding carboxylic acids is 1. The number of aromatic nitrogens is 3. The molecule has 0 aliphatic heterocycles. The molecule has 0 saturated heterocycles. The Hall–Kier alpha value is -3.72. The molecule has 0 aliphatic rings. The van der Waals surface area contributed by atoms with Crippen molar-refractivity contribution in [3.63, 3.8) is 0 Å². The van der Waals surface area contributed by atoms with Gasteiger partial charge in [-0.05, 0) is 36.8 Å². The average Bonchev–Trinajstić information content (AvgIpc) is 3.25. The smallest absolute Gasteiger partial charge is 0.267 e. The predicted molar refractivity (Wildman–Crippen MR) is 104 cm³/mol. The Morgan fingerprint density at radius 3 is 2.90 bits per heavy atom. The van der Waals surface area contributed by atoms with Crippen molar-refractivity contribution >= 4 is 22.6 Å². The quantitative estimate of drug-likeness (QED) is 0.422. The second kappa shape index (κ2) is 7.72. The van der Waals surface area contributed by atoms with Crippen molar-refractivity contribution in [2.75, 3.05) is 6.61 Å². The number of aryl methyl sites for hydroxylation is 1. The van der Waals surface area contributed by atoms with Gasteiger partial charge in [-0.25, -0.2) is 4.98 Å². The number of carbonyl (C=O) groups is 1. The van der Waals surface area contributed by atoms with E-state index in [0.29, 0.717) is 23.5 Å². The molecule has 0 unspecified atom stereocenters. The molecule has 0 radical (unpaired) electrons. The van der Waals surface area contributed by atoms with Gasteiger partial charge in [0.1, 0.15) is 22.5 Å². The first-order valence-electron chi connectivity index (χ1n) is 9.11. The van der Waals surface area contributed by atoms with Crippen LogP contribution in [0, 0.1) is 5.41 Å². The topological polar surface area (TPSA) is 126 Å². The lowest BCUT2D eigenvalue weighted by Crippen LogP contribution is -2.35. The summed E-state index contributed by atoms with van der Waals surface area (Å²) < 4.78 is 8.09. The molecule has 4 heterocycles. The van der Waals surface area contributed by atoms with Crippen LogP contribution in [0.1, 0.15) is 22.5 Å². The molecular formula is C20H19N5O4. The van der Waals surface area contributed by atoms with Crippen molar-refractivity contribution in [1.82, 2.24) is 19.3 Å². The molecule has 29 heavy (non-hydrogen) atoms. The van der Waals surface area contributed by atoms with E-state index in [9.17, 15) is 14.7 Å². The number of hydrogen-bond donors (Lipinski definition) is 3. The number of rotatable bonds is 6. The summed E-state index contributed by atoms with van der Waals surface area (Å²) in [5, 5.41) is 20.7. The number of nitrogens with zero attached hydrogens (tertiary/aromatic N) is 3. The first kappa shape index (κ1) is 18.6. The van der Waals surface area contributed by atoms with Crippen molar-refractivity contribution in [3.05, 3.63) is 76.0 Å². The fourth-order valence-electron chi connectivity index (χ4n) is 3.18. The molecule has 0 atom stereocenters.